The molecule has 6 saturated carbocycles. The number of methoxy groups -OCH3 is 4. The van der Waals surface area contributed by atoms with Gasteiger partial charge in [0.1, 0.15) is 52.2 Å². The van der Waals surface area contributed by atoms with Crippen molar-refractivity contribution in [1.29, 1.82) is 0 Å². The molecule has 147 heavy (non-hydrogen) atoms. The van der Waals surface area contributed by atoms with Gasteiger partial charge < -0.3 is 117 Å². The number of nitrogens with two attached hydrogens (primary N) is 2. The quantitative estimate of drug-likeness (QED) is 0.00743. The molecule has 3 aliphatic heterocycles. The van der Waals surface area contributed by atoms with Crippen molar-refractivity contribution < 1.29 is 152 Å². The summed E-state index contributed by atoms with van der Waals surface area (Å²) in [6.07, 6.45) is 41.3. The van der Waals surface area contributed by atoms with Gasteiger partial charge in [0.2, 0.25) is 17.7 Å². The largest absolute Gasteiger partial charge is 1.00 e. The van der Waals surface area contributed by atoms with Crippen LogP contribution in [-0.4, -0.2) is 259 Å². The Morgan fingerprint density at radius 1 is 0.483 bits per heavy atom. The molecule has 6 aliphatic carbocycles. The van der Waals surface area contributed by atoms with Gasteiger partial charge in [-0.2, -0.15) is 0 Å². The maximum atomic E-state index is 13.3. The standard InChI is InChI=1S/C21H34N4O4.C20H32N4O4.C12H19N3O3.C11H18N4O3.C10H18O2.C8H16N2O2.C7H11N3O2.C5H8O.8CH4.2ClH.Li.H2O/c1-14(10-15-8-6-5-7-9-15)19(26)24-13-16(11-17(24)20(27)29-4)25-18(12-22-23-25)21(2,3)28;1-13(9-14-7-5-4-6-8-14)18(25)23-12-15(10-16(23)19(26)27)24-17(11-21-22-24)20(2,3)28;1-12(2,17)10-7-13-14-15(10)9-5-4-8(6-9)11(16)18-3;1-11(2,17)9-6-13-14-15(9)7-4-8(12-5-7)10(16)18-3;1-8(10(11)12)7-9-5-3-2-4-6-9;9-7(12)6(11)8(10)4-2-1-3-5-8;1-12-7(11)5-2-3-6(4-5)9-10-8;1-4-5(2,3)6;;;;;;;;;;;;/h12,14-17,28H,5-11,13H2,1-4H3;11,13-16,28H,4-10,12H2,1-3H3,(H,26,27);7-9,17H,4-6H2,1-3H3;6-8,12,17H,4-5H2,1-3H3;8-9H,2-7H2,1H3,(H,11,12);6,11H,1-5,10H2,(H2,9,12);5-6H,2-4H2,1H3;1,6H,2-3H3;8*1H4;2*1H;;1H2/q;;;;;;;;;;;;;;;;;;+1;/p-3/t14-,16+,17+;13-,15+,16+;8-,9+;7-,8-;8-;;5-,6+;;;;;;;;;;;;;/m11001.0............./s1. The Bertz CT molecular complexity index is 4430. The zero-order valence-corrected chi connectivity index (χ0v) is 86.3. The van der Waals surface area contributed by atoms with Gasteiger partial charge in [0, 0.05) is 55.3 Å². The van der Waals surface area contributed by atoms with Crippen LogP contribution in [0.1, 0.15) is 402 Å². The normalized spacial score (nSPS) is 22.1. The van der Waals surface area contributed by atoms with Gasteiger partial charge in [-0.25, -0.2) is 28.3 Å². The summed E-state index contributed by atoms with van der Waals surface area (Å²) in [5.41, 5.74) is 15.5. The maximum Gasteiger partial charge on any atom is 1.00 e. The fourth-order valence-electron chi connectivity index (χ4n) is 19.6. The Kier molecular flexibility index (Phi) is 72.7. The van der Waals surface area contributed by atoms with Crippen LogP contribution in [0.3, 0.4) is 0 Å². The Morgan fingerprint density at radius 2 is 0.803 bits per heavy atom. The van der Waals surface area contributed by atoms with Crippen molar-refractivity contribution in [2.45, 2.75) is 443 Å². The topological polar surface area (TPSA) is 625 Å². The number of azide groups is 1. The molecule has 13 rings (SSSR count). The summed E-state index contributed by atoms with van der Waals surface area (Å²) in [5, 5.41) is 116. The first-order chi connectivity index (χ1) is 63.4. The van der Waals surface area contributed by atoms with Crippen LogP contribution in [0, 0.1) is 59.7 Å². The summed E-state index contributed by atoms with van der Waals surface area (Å²) in [4.78, 5) is 112. The van der Waals surface area contributed by atoms with E-state index < -0.39 is 75.5 Å². The minimum Gasteiger partial charge on any atom is -1.00 e. The summed E-state index contributed by atoms with van der Waals surface area (Å²) >= 11 is 0. The second-order valence-corrected chi connectivity index (χ2v) is 40.7. The number of carboxylic acid groups (broad SMARTS) is 2. The molecule has 45 heteroatoms. The molecule has 1 unspecified atom stereocenters. The number of terminal acetylenes is 1. The van der Waals surface area contributed by atoms with Gasteiger partial charge >= 0.3 is 54.7 Å². The number of carbonyl (C=O) groups excluding carboxylic acids is 7. The number of aliphatic hydroxyl groups is 6. The van der Waals surface area contributed by atoms with Gasteiger partial charge in [0.25, 0.3) is 0 Å². The number of ether oxygens (including phenoxy) is 4. The molecule has 0 radical (unpaired) electrons. The third-order valence-electron chi connectivity index (χ3n) is 27.2. The number of primary amides is 1. The zero-order chi connectivity index (χ0) is 101. The summed E-state index contributed by atoms with van der Waals surface area (Å²) in [7, 11) is 5.51. The van der Waals surface area contributed by atoms with Crippen LogP contribution in [-0.2, 0) is 84.5 Å². The average molecular weight is 2130 g/mol. The van der Waals surface area contributed by atoms with E-state index >= 15 is 0 Å². The first-order valence-electron chi connectivity index (χ1n) is 48.0. The Morgan fingerprint density at radius 3 is 1.13 bits per heavy atom. The predicted octanol–water partition coefficient (Wildman–Crippen LogP) is 5.49. The summed E-state index contributed by atoms with van der Waals surface area (Å²) in [5.74, 6) is -0.0710. The molecule has 14 atom stereocenters. The molecule has 0 spiro atoms. The molecule has 4 aromatic heterocycles. The first-order valence-corrected chi connectivity index (χ1v) is 48.0. The van der Waals surface area contributed by atoms with Gasteiger partial charge in [0.05, 0.1) is 123 Å². The number of halogens is 2. The number of hydrogen-bond donors (Lipinski definition) is 11. The number of carboxylic acids is 2. The van der Waals surface area contributed by atoms with Crippen molar-refractivity contribution in [3.05, 3.63) is 58.0 Å². The minimum absolute atomic E-state index is 0. The van der Waals surface area contributed by atoms with E-state index in [1.54, 1.807) is 105 Å². The van der Waals surface area contributed by atoms with E-state index in [1.807, 2.05) is 20.8 Å². The minimum atomic E-state index is -1.18. The SMILES string of the molecule is C.C.C.C.C.C.C.C.C#CC(C)(C)O.COC(=O)[C@@H]1C[C@H](n2nncc2C(C)(C)O)CN1.COC(=O)[C@@H]1C[C@H](n2nncc2C(C)(C)O)CN1C(=O)[C@H](C)CC1CCCCC1.COC(=O)[C@H]1CC[C@@H](N=[N+]=[N-])C1.COC(=O)[C@H]1CC[C@@H](n2nncc2C(C)(C)O)C1.C[C@H](CC1CCCCC1)C(=O)N1C[C@@H](n2nncc2C(C)(C)O)C[C@H]1C(=O)O.C[C@H](CC1CCCCC1)C(=O)O.NC(=O)C(O)C1(N)CCCCC1.[Cl-].[Cl-].[Li+].[OH-]. The van der Waals surface area contributed by atoms with Gasteiger partial charge in [-0.15, -0.1) is 26.8 Å². The summed E-state index contributed by atoms with van der Waals surface area (Å²) < 4.78 is 25.7. The van der Waals surface area contributed by atoms with Gasteiger partial charge in [-0.05, 0) is 170 Å². The van der Waals surface area contributed by atoms with Crippen molar-refractivity contribution in [3.8, 4) is 12.3 Å². The van der Waals surface area contributed by atoms with Crippen molar-refractivity contribution >= 4 is 53.5 Å². The van der Waals surface area contributed by atoms with Crippen LogP contribution in [0.25, 0.3) is 10.4 Å². The molecule has 9 fully saturated rings. The Hall–Kier alpha value is -8.52. The number of likely N-dealkylation sites (tertiary alicyclic amines) is 2. The average Bonchev–Trinajstić information content (AvgIpc) is 1.63. The van der Waals surface area contributed by atoms with Gasteiger partial charge in [0.15, 0.2) is 0 Å². The summed E-state index contributed by atoms with van der Waals surface area (Å²) in [6.45, 7) is 23.5. The fourth-order valence-corrected chi connectivity index (χ4v) is 19.6. The molecule has 4 aromatic rings. The number of esters is 4. The fraction of sp³-hybridized carbons (Fsp3) is 0.814. The number of amides is 3. The van der Waals surface area contributed by atoms with E-state index in [-0.39, 0.29) is 217 Å². The monoisotopic (exact) mass is 2120 g/mol. The van der Waals surface area contributed by atoms with Crippen LogP contribution in [0.5, 0.6) is 0 Å². The number of hydrogen-bond acceptors (Lipinski definition) is 31. The number of carbonyl (C=O) groups is 9. The number of nitrogens with one attached hydrogen (secondary N) is 1. The third kappa shape index (κ3) is 46.7. The van der Waals surface area contributed by atoms with Gasteiger partial charge in [-0.1, -0.05) is 228 Å². The van der Waals surface area contributed by atoms with Crippen LogP contribution in [0.15, 0.2) is 29.9 Å². The molecular weight excluding hydrogens is 1940 g/mol. The molecule has 3 amide bonds. The molecule has 7 heterocycles. The Labute approximate surface area is 900 Å². The van der Waals surface area contributed by atoms with Crippen molar-refractivity contribution in [2.24, 2.45) is 63.9 Å². The number of aliphatic hydroxyl groups excluding tert-OH is 1. The number of nitrogens with zero attached hydrogens (tertiary/aromatic N) is 17. The van der Waals surface area contributed by atoms with Gasteiger partial charge in [-0.3, -0.25) is 33.6 Å². The molecule has 846 valence electrons. The second-order valence-electron chi connectivity index (χ2n) is 40.7. The van der Waals surface area contributed by atoms with E-state index in [1.165, 1.54) is 129 Å². The zero-order valence-electron chi connectivity index (χ0n) is 84.8. The molecule has 42 nitrogen and oxygen atoms in total. The molecule has 3 saturated heterocycles. The number of aliphatic carboxylic acids is 2. The smallest absolute Gasteiger partial charge is 1.00 e. The molecule has 14 N–H and O–H groups in total. The predicted molar refractivity (Wildman–Crippen MR) is 552 cm³/mol. The van der Waals surface area contributed by atoms with Crippen molar-refractivity contribution in [1.82, 2.24) is 75.1 Å². The van der Waals surface area contributed by atoms with Crippen LogP contribution in [0.4, 0.5) is 0 Å². The first kappa shape index (κ1) is 151. The third-order valence-corrected chi connectivity index (χ3v) is 27.2. The van der Waals surface area contributed by atoms with Crippen LogP contribution >= 0.6 is 0 Å². The van der Waals surface area contributed by atoms with E-state index in [9.17, 15) is 73.8 Å². The second kappa shape index (κ2) is 70.6. The van der Waals surface area contributed by atoms with Crippen LogP contribution in [0.2, 0.25) is 0 Å². The van der Waals surface area contributed by atoms with Crippen LogP contribution < -0.4 is 60.5 Å². The Balaban J connectivity index is -0.000000311. The molecule has 0 bridgehead atoms. The van der Waals surface area contributed by atoms with E-state index in [4.69, 9.17) is 47.8 Å². The van der Waals surface area contributed by atoms with E-state index in [0.717, 1.165) is 77.0 Å². The molecule has 9 aliphatic rings. The van der Waals surface area contributed by atoms with E-state index in [0.29, 0.717) is 92.1 Å². The molecular formula is C102H189Cl2LiN20O22-2. The maximum absolute atomic E-state index is 13.3. The van der Waals surface area contributed by atoms with E-state index in [2.05, 4.69) is 67.2 Å². The number of aromatic nitrogens is 12. The van der Waals surface area contributed by atoms with Crippen molar-refractivity contribution in [2.75, 3.05) is 48.1 Å². The number of rotatable bonds is 25. The van der Waals surface area contributed by atoms with Crippen molar-refractivity contribution in [3.63, 3.8) is 0 Å². The summed E-state index contributed by atoms with van der Waals surface area (Å²) in [6, 6.07) is -2.27. The molecule has 0 aromatic carbocycles.